The molecular weight excluding hydrogens is 311 g/mol. The molecular formula is C18H15FN2O3. The number of aromatic nitrogens is 2. The van der Waals surface area contributed by atoms with E-state index in [1.807, 2.05) is 30.3 Å². The van der Waals surface area contributed by atoms with Crippen molar-refractivity contribution in [2.24, 2.45) is 0 Å². The predicted molar refractivity (Wildman–Crippen MR) is 84.3 cm³/mol. The molecule has 0 aliphatic carbocycles. The summed E-state index contributed by atoms with van der Waals surface area (Å²) in [4.78, 5) is 15.9. The van der Waals surface area contributed by atoms with E-state index in [4.69, 9.17) is 9.26 Å². The lowest BCUT2D eigenvalue weighted by Gasteiger charge is -2.02. The minimum absolute atomic E-state index is 0.0815. The zero-order chi connectivity index (χ0) is 16.8. The molecule has 0 aliphatic rings. The number of hydrogen-bond acceptors (Lipinski definition) is 5. The predicted octanol–water partition coefficient (Wildman–Crippen LogP) is 3.55. The number of benzene rings is 2. The topological polar surface area (TPSA) is 65.2 Å². The zero-order valence-electron chi connectivity index (χ0n) is 12.8. The molecule has 3 rings (SSSR count). The molecule has 1 heterocycles. The number of halogens is 1. The van der Waals surface area contributed by atoms with Gasteiger partial charge in [-0.1, -0.05) is 35.5 Å². The van der Waals surface area contributed by atoms with Gasteiger partial charge in [-0.05, 0) is 36.2 Å². The second-order valence-electron chi connectivity index (χ2n) is 5.16. The van der Waals surface area contributed by atoms with Crippen LogP contribution < -0.4 is 0 Å². The Morgan fingerprint density at radius 1 is 1.08 bits per heavy atom. The van der Waals surface area contributed by atoms with Crippen LogP contribution in [0.15, 0.2) is 59.1 Å². The van der Waals surface area contributed by atoms with Crippen molar-refractivity contribution >= 4 is 5.97 Å². The Hall–Kier alpha value is -3.02. The van der Waals surface area contributed by atoms with Crippen LogP contribution in [0.2, 0.25) is 0 Å². The van der Waals surface area contributed by atoms with Crippen molar-refractivity contribution in [3.63, 3.8) is 0 Å². The number of ether oxygens (including phenoxy) is 1. The zero-order valence-corrected chi connectivity index (χ0v) is 12.8. The van der Waals surface area contributed by atoms with E-state index in [1.54, 1.807) is 12.1 Å². The van der Waals surface area contributed by atoms with E-state index in [2.05, 4.69) is 10.1 Å². The number of rotatable bonds is 6. The molecule has 5 nitrogen and oxygen atoms in total. The quantitative estimate of drug-likeness (QED) is 0.648. The summed E-state index contributed by atoms with van der Waals surface area (Å²) in [6, 6.07) is 15.4. The maximum Gasteiger partial charge on any atom is 0.306 e. The molecule has 0 bridgehead atoms. The number of carbonyl (C=O) groups is 1. The Morgan fingerprint density at radius 3 is 2.58 bits per heavy atom. The Balaban J connectivity index is 1.50. The molecule has 1 aromatic heterocycles. The summed E-state index contributed by atoms with van der Waals surface area (Å²) in [6.07, 6.45) is 0.896. The van der Waals surface area contributed by atoms with Crippen LogP contribution in [0.1, 0.15) is 17.9 Å². The van der Waals surface area contributed by atoms with Crippen molar-refractivity contribution in [2.75, 3.05) is 0 Å². The highest BCUT2D eigenvalue weighted by Crippen LogP contribution is 2.16. The van der Waals surface area contributed by atoms with Crippen molar-refractivity contribution in [1.82, 2.24) is 10.1 Å². The molecule has 6 heteroatoms. The van der Waals surface area contributed by atoms with Gasteiger partial charge in [0, 0.05) is 12.0 Å². The van der Waals surface area contributed by atoms with Crippen LogP contribution in [-0.2, 0) is 22.6 Å². The molecule has 0 atom stereocenters. The lowest BCUT2D eigenvalue weighted by Crippen LogP contribution is -2.06. The number of carbonyl (C=O) groups excluding carboxylic acids is 1. The molecule has 2 aromatic carbocycles. The maximum atomic E-state index is 12.9. The van der Waals surface area contributed by atoms with Gasteiger partial charge in [0.2, 0.25) is 5.82 Å². The molecule has 3 aromatic rings. The van der Waals surface area contributed by atoms with Crippen LogP contribution in [0.5, 0.6) is 0 Å². The third-order valence-electron chi connectivity index (χ3n) is 3.39. The summed E-state index contributed by atoms with van der Waals surface area (Å²) in [7, 11) is 0. The molecule has 0 saturated heterocycles. The first kappa shape index (κ1) is 15.9. The van der Waals surface area contributed by atoms with Gasteiger partial charge in [-0.3, -0.25) is 4.79 Å². The number of hydrogen-bond donors (Lipinski definition) is 0. The second kappa shape index (κ2) is 7.50. The van der Waals surface area contributed by atoms with Crippen molar-refractivity contribution in [3.05, 3.63) is 71.9 Å². The largest absolute Gasteiger partial charge is 0.456 e. The lowest BCUT2D eigenvalue weighted by atomic mass is 10.1. The van der Waals surface area contributed by atoms with E-state index in [1.165, 1.54) is 12.1 Å². The van der Waals surface area contributed by atoms with Crippen molar-refractivity contribution in [3.8, 4) is 11.4 Å². The van der Waals surface area contributed by atoms with Gasteiger partial charge in [-0.15, -0.1) is 0 Å². The SMILES string of the molecule is O=C(CCc1ccccc1)OCc1nc(-c2ccc(F)cc2)no1. The molecule has 0 aliphatic heterocycles. The fraction of sp³-hybridized carbons (Fsp3) is 0.167. The first-order chi connectivity index (χ1) is 11.7. The van der Waals surface area contributed by atoms with Gasteiger partial charge in [0.1, 0.15) is 5.82 Å². The summed E-state index contributed by atoms with van der Waals surface area (Å²) in [5.74, 6) is -0.150. The smallest absolute Gasteiger partial charge is 0.306 e. The molecule has 24 heavy (non-hydrogen) atoms. The second-order valence-corrected chi connectivity index (χ2v) is 5.16. The highest BCUT2D eigenvalue weighted by molar-refractivity contribution is 5.69. The highest BCUT2D eigenvalue weighted by atomic mass is 19.1. The summed E-state index contributed by atoms with van der Waals surface area (Å²) >= 11 is 0. The summed E-state index contributed by atoms with van der Waals surface area (Å²) < 4.78 is 23.0. The molecule has 122 valence electrons. The van der Waals surface area contributed by atoms with Crippen LogP contribution >= 0.6 is 0 Å². The number of esters is 1. The normalized spacial score (nSPS) is 10.5. The standard InChI is InChI=1S/C18H15FN2O3/c19-15-9-7-14(8-10-15)18-20-16(24-21-18)12-23-17(22)11-6-13-4-2-1-3-5-13/h1-5,7-10H,6,11-12H2. The Labute approximate surface area is 138 Å². The fourth-order valence-electron chi connectivity index (χ4n) is 2.14. The Bertz CT molecular complexity index is 801. The van der Waals surface area contributed by atoms with Gasteiger partial charge >= 0.3 is 5.97 Å². The van der Waals surface area contributed by atoms with E-state index in [0.29, 0.717) is 17.8 Å². The maximum absolute atomic E-state index is 12.9. The van der Waals surface area contributed by atoms with E-state index in [-0.39, 0.29) is 30.7 Å². The minimum atomic E-state index is -0.338. The summed E-state index contributed by atoms with van der Waals surface area (Å²) in [5, 5.41) is 3.79. The van der Waals surface area contributed by atoms with Crippen LogP contribution in [0.4, 0.5) is 4.39 Å². The van der Waals surface area contributed by atoms with Gasteiger partial charge in [0.15, 0.2) is 6.61 Å². The first-order valence-electron chi connectivity index (χ1n) is 7.49. The van der Waals surface area contributed by atoms with E-state index in [9.17, 15) is 9.18 Å². The molecule has 0 saturated carbocycles. The summed E-state index contributed by atoms with van der Waals surface area (Å²) in [5.41, 5.74) is 1.70. The number of nitrogens with zero attached hydrogens (tertiary/aromatic N) is 2. The third kappa shape index (κ3) is 4.25. The average Bonchev–Trinajstić information content (AvgIpc) is 3.09. The fourth-order valence-corrected chi connectivity index (χ4v) is 2.14. The molecule has 0 fully saturated rings. The van der Waals surface area contributed by atoms with Crippen molar-refractivity contribution in [1.29, 1.82) is 0 Å². The molecule has 0 unspecified atom stereocenters. The van der Waals surface area contributed by atoms with E-state index in [0.717, 1.165) is 5.56 Å². The van der Waals surface area contributed by atoms with Crippen LogP contribution in [0.25, 0.3) is 11.4 Å². The minimum Gasteiger partial charge on any atom is -0.456 e. The van der Waals surface area contributed by atoms with Crippen molar-refractivity contribution in [2.45, 2.75) is 19.4 Å². The highest BCUT2D eigenvalue weighted by Gasteiger charge is 2.11. The van der Waals surface area contributed by atoms with Crippen LogP contribution in [-0.4, -0.2) is 16.1 Å². The van der Waals surface area contributed by atoms with Gasteiger partial charge in [0.05, 0.1) is 0 Å². The van der Waals surface area contributed by atoms with Crippen LogP contribution in [0, 0.1) is 5.82 Å². The third-order valence-corrected chi connectivity index (χ3v) is 3.39. The molecule has 0 radical (unpaired) electrons. The van der Waals surface area contributed by atoms with Crippen LogP contribution in [0.3, 0.4) is 0 Å². The lowest BCUT2D eigenvalue weighted by molar-refractivity contribution is -0.145. The summed E-state index contributed by atoms with van der Waals surface area (Å²) in [6.45, 7) is -0.0815. The first-order valence-corrected chi connectivity index (χ1v) is 7.49. The average molecular weight is 326 g/mol. The van der Waals surface area contributed by atoms with Crippen molar-refractivity contribution < 1.29 is 18.4 Å². The van der Waals surface area contributed by atoms with Gasteiger partial charge < -0.3 is 9.26 Å². The van der Waals surface area contributed by atoms with E-state index >= 15 is 0 Å². The van der Waals surface area contributed by atoms with Gasteiger partial charge in [-0.25, -0.2) is 4.39 Å². The molecule has 0 spiro atoms. The Morgan fingerprint density at radius 2 is 1.83 bits per heavy atom. The van der Waals surface area contributed by atoms with Gasteiger partial charge in [0.25, 0.3) is 5.89 Å². The monoisotopic (exact) mass is 326 g/mol. The Kier molecular flexibility index (Phi) is 4.96. The molecule has 0 N–H and O–H groups in total. The van der Waals surface area contributed by atoms with Gasteiger partial charge in [-0.2, -0.15) is 4.98 Å². The number of aryl methyl sites for hydroxylation is 1. The van der Waals surface area contributed by atoms with E-state index < -0.39 is 0 Å². The molecule has 0 amide bonds.